The van der Waals surface area contributed by atoms with E-state index >= 15 is 0 Å². The Kier molecular flexibility index (Phi) is 3.68. The van der Waals surface area contributed by atoms with E-state index in [9.17, 15) is 0 Å². The summed E-state index contributed by atoms with van der Waals surface area (Å²) < 4.78 is 2.13. The van der Waals surface area contributed by atoms with Crippen molar-refractivity contribution in [2.75, 3.05) is 19.6 Å². The Morgan fingerprint density at radius 1 is 1.39 bits per heavy atom. The number of fused-ring (bicyclic) bond motifs is 1. The molecule has 0 radical (unpaired) electrons. The molecular formula is C12H17N5S. The molecule has 0 aliphatic carbocycles. The van der Waals surface area contributed by atoms with Crippen molar-refractivity contribution in [1.29, 1.82) is 0 Å². The normalized spacial score (nSPS) is 15.8. The highest BCUT2D eigenvalue weighted by molar-refractivity contribution is 7.09. The Labute approximate surface area is 110 Å². The van der Waals surface area contributed by atoms with Gasteiger partial charge in [-0.25, -0.2) is 0 Å². The SMILES string of the molecule is c1csc(CNCCN2CCn3cnnc3C2)c1. The van der Waals surface area contributed by atoms with Gasteiger partial charge in [-0.3, -0.25) is 4.90 Å². The van der Waals surface area contributed by atoms with Gasteiger partial charge in [0.05, 0.1) is 6.54 Å². The van der Waals surface area contributed by atoms with Crippen LogP contribution in [-0.4, -0.2) is 39.3 Å². The average Bonchev–Trinajstić information content (AvgIpc) is 3.05. The third-order valence-corrected chi connectivity index (χ3v) is 4.08. The molecule has 0 fully saturated rings. The van der Waals surface area contributed by atoms with Gasteiger partial charge in [0.2, 0.25) is 0 Å². The summed E-state index contributed by atoms with van der Waals surface area (Å²) in [6.07, 6.45) is 1.82. The molecule has 6 heteroatoms. The lowest BCUT2D eigenvalue weighted by Crippen LogP contribution is -2.37. The van der Waals surface area contributed by atoms with E-state index in [1.807, 2.05) is 6.33 Å². The standard InChI is InChI=1S/C12H17N5S/c1-2-11(18-7-1)8-13-3-4-16-5-6-17-10-14-15-12(17)9-16/h1-2,7,10,13H,3-6,8-9H2. The van der Waals surface area contributed by atoms with Crippen molar-refractivity contribution in [3.05, 3.63) is 34.5 Å². The first-order valence-electron chi connectivity index (χ1n) is 6.24. The van der Waals surface area contributed by atoms with Gasteiger partial charge in [-0.15, -0.1) is 21.5 Å². The minimum atomic E-state index is 0.917. The number of thiophene rings is 1. The summed E-state index contributed by atoms with van der Waals surface area (Å²) in [6.45, 7) is 6.08. The van der Waals surface area contributed by atoms with Gasteiger partial charge < -0.3 is 9.88 Å². The van der Waals surface area contributed by atoms with Crippen molar-refractivity contribution >= 4 is 11.3 Å². The molecule has 5 nitrogen and oxygen atoms in total. The predicted molar refractivity (Wildman–Crippen MR) is 71.3 cm³/mol. The number of hydrogen-bond acceptors (Lipinski definition) is 5. The third-order valence-electron chi connectivity index (χ3n) is 3.20. The summed E-state index contributed by atoms with van der Waals surface area (Å²) in [4.78, 5) is 3.82. The monoisotopic (exact) mass is 263 g/mol. The second-order valence-electron chi connectivity index (χ2n) is 4.47. The van der Waals surface area contributed by atoms with Gasteiger partial charge >= 0.3 is 0 Å². The van der Waals surface area contributed by atoms with Crippen LogP contribution >= 0.6 is 11.3 Å². The zero-order chi connectivity index (χ0) is 12.2. The Morgan fingerprint density at radius 3 is 3.28 bits per heavy atom. The highest BCUT2D eigenvalue weighted by Gasteiger charge is 2.16. The summed E-state index contributed by atoms with van der Waals surface area (Å²) in [6, 6.07) is 4.26. The first-order valence-corrected chi connectivity index (χ1v) is 7.12. The molecule has 0 saturated carbocycles. The highest BCUT2D eigenvalue weighted by Crippen LogP contribution is 2.09. The molecule has 2 aromatic heterocycles. The van der Waals surface area contributed by atoms with E-state index in [0.29, 0.717) is 0 Å². The van der Waals surface area contributed by atoms with E-state index in [-0.39, 0.29) is 0 Å². The molecular weight excluding hydrogens is 246 g/mol. The van der Waals surface area contributed by atoms with E-state index in [0.717, 1.165) is 45.1 Å². The molecule has 0 bridgehead atoms. The molecule has 0 spiro atoms. The van der Waals surface area contributed by atoms with Crippen molar-refractivity contribution < 1.29 is 0 Å². The van der Waals surface area contributed by atoms with Crippen LogP contribution in [0.5, 0.6) is 0 Å². The highest BCUT2D eigenvalue weighted by atomic mass is 32.1. The summed E-state index contributed by atoms with van der Waals surface area (Å²) in [7, 11) is 0. The van der Waals surface area contributed by atoms with Gasteiger partial charge in [0.1, 0.15) is 12.2 Å². The molecule has 0 unspecified atom stereocenters. The molecule has 0 aromatic carbocycles. The van der Waals surface area contributed by atoms with Crippen LogP contribution in [0.15, 0.2) is 23.8 Å². The lowest BCUT2D eigenvalue weighted by atomic mass is 10.3. The summed E-state index contributed by atoms with van der Waals surface area (Å²) >= 11 is 1.80. The van der Waals surface area contributed by atoms with Crippen molar-refractivity contribution in [3.8, 4) is 0 Å². The number of nitrogens with zero attached hydrogens (tertiary/aromatic N) is 4. The van der Waals surface area contributed by atoms with E-state index in [2.05, 4.69) is 42.5 Å². The third kappa shape index (κ3) is 2.77. The van der Waals surface area contributed by atoms with Gasteiger partial charge in [-0.1, -0.05) is 6.07 Å². The number of nitrogens with one attached hydrogen (secondary N) is 1. The summed E-state index contributed by atoms with van der Waals surface area (Å²) in [5.41, 5.74) is 0. The molecule has 96 valence electrons. The van der Waals surface area contributed by atoms with Crippen LogP contribution in [-0.2, 0) is 19.6 Å². The van der Waals surface area contributed by atoms with Crippen LogP contribution in [0, 0.1) is 0 Å². The van der Waals surface area contributed by atoms with E-state index < -0.39 is 0 Å². The molecule has 3 heterocycles. The van der Waals surface area contributed by atoms with Crippen LogP contribution in [0.3, 0.4) is 0 Å². The fourth-order valence-corrected chi connectivity index (χ4v) is 2.84. The minimum Gasteiger partial charge on any atom is -0.315 e. The smallest absolute Gasteiger partial charge is 0.147 e. The predicted octanol–water partition coefficient (Wildman–Crippen LogP) is 0.945. The topological polar surface area (TPSA) is 46.0 Å². The number of hydrogen-bond donors (Lipinski definition) is 1. The fourth-order valence-electron chi connectivity index (χ4n) is 2.17. The second-order valence-corrected chi connectivity index (χ2v) is 5.51. The Bertz CT molecular complexity index is 478. The van der Waals surface area contributed by atoms with Gasteiger partial charge in [-0.05, 0) is 11.4 Å². The van der Waals surface area contributed by atoms with E-state index in [1.165, 1.54) is 4.88 Å². The van der Waals surface area contributed by atoms with Gasteiger partial charge in [0.15, 0.2) is 0 Å². The maximum Gasteiger partial charge on any atom is 0.147 e. The van der Waals surface area contributed by atoms with Crippen molar-refractivity contribution in [2.45, 2.75) is 19.6 Å². The molecule has 0 saturated heterocycles. The number of aromatic nitrogens is 3. The van der Waals surface area contributed by atoms with Gasteiger partial charge in [0, 0.05) is 37.6 Å². The van der Waals surface area contributed by atoms with Crippen LogP contribution in [0.25, 0.3) is 0 Å². The van der Waals surface area contributed by atoms with Gasteiger partial charge in [-0.2, -0.15) is 0 Å². The molecule has 1 aliphatic rings. The minimum absolute atomic E-state index is 0.917. The first kappa shape index (κ1) is 11.8. The second kappa shape index (κ2) is 5.60. The zero-order valence-corrected chi connectivity index (χ0v) is 11.1. The Balaban J connectivity index is 1.40. The molecule has 0 atom stereocenters. The quantitative estimate of drug-likeness (QED) is 0.816. The summed E-state index contributed by atoms with van der Waals surface area (Å²) in [5.74, 6) is 1.08. The van der Waals surface area contributed by atoms with E-state index in [1.54, 1.807) is 11.3 Å². The lowest BCUT2D eigenvalue weighted by Gasteiger charge is -2.26. The molecule has 1 N–H and O–H groups in total. The molecule has 3 rings (SSSR count). The van der Waals surface area contributed by atoms with Crippen LogP contribution in [0.4, 0.5) is 0 Å². The van der Waals surface area contributed by atoms with Crippen LogP contribution in [0.1, 0.15) is 10.7 Å². The van der Waals surface area contributed by atoms with Crippen molar-refractivity contribution in [3.63, 3.8) is 0 Å². The van der Waals surface area contributed by atoms with Crippen LogP contribution < -0.4 is 5.32 Å². The fraction of sp³-hybridized carbons (Fsp3) is 0.500. The van der Waals surface area contributed by atoms with Crippen molar-refractivity contribution in [2.24, 2.45) is 0 Å². The zero-order valence-electron chi connectivity index (χ0n) is 10.2. The lowest BCUT2D eigenvalue weighted by molar-refractivity contribution is 0.217. The maximum absolute atomic E-state index is 4.13. The van der Waals surface area contributed by atoms with Gasteiger partial charge in [0.25, 0.3) is 0 Å². The average molecular weight is 263 g/mol. The number of rotatable bonds is 5. The Morgan fingerprint density at radius 2 is 2.39 bits per heavy atom. The van der Waals surface area contributed by atoms with E-state index in [4.69, 9.17) is 0 Å². The molecule has 18 heavy (non-hydrogen) atoms. The molecule has 1 aliphatic heterocycles. The first-order chi connectivity index (χ1) is 8.92. The summed E-state index contributed by atoms with van der Waals surface area (Å²) in [5, 5.41) is 13.7. The van der Waals surface area contributed by atoms with Crippen LogP contribution in [0.2, 0.25) is 0 Å². The van der Waals surface area contributed by atoms with Crippen molar-refractivity contribution in [1.82, 2.24) is 25.0 Å². The Hall–Kier alpha value is -1.24. The molecule has 0 amide bonds. The maximum atomic E-state index is 4.13. The largest absolute Gasteiger partial charge is 0.315 e. The molecule has 2 aromatic rings.